The molecular formula is C14H24N2O4S. The van der Waals surface area contributed by atoms with Gasteiger partial charge in [0.15, 0.2) is 0 Å². The minimum Gasteiger partial charge on any atom is -0.383 e. The molecule has 0 aliphatic rings. The van der Waals surface area contributed by atoms with E-state index in [4.69, 9.17) is 9.47 Å². The van der Waals surface area contributed by atoms with Crippen LogP contribution in [0, 0.1) is 0 Å². The van der Waals surface area contributed by atoms with Gasteiger partial charge < -0.3 is 14.8 Å². The van der Waals surface area contributed by atoms with E-state index in [0.717, 1.165) is 12.1 Å². The first-order chi connectivity index (χ1) is 10.1. The van der Waals surface area contributed by atoms with E-state index in [1.54, 1.807) is 31.4 Å². The second-order valence-electron chi connectivity index (χ2n) is 4.45. The molecule has 0 saturated heterocycles. The third kappa shape index (κ3) is 6.90. The van der Waals surface area contributed by atoms with E-state index in [1.165, 1.54) is 0 Å². The summed E-state index contributed by atoms with van der Waals surface area (Å²) in [4.78, 5) is 0.276. The van der Waals surface area contributed by atoms with Crippen molar-refractivity contribution in [2.45, 2.75) is 18.2 Å². The normalized spacial score (nSPS) is 11.5. The molecule has 0 atom stereocenters. The Morgan fingerprint density at radius 3 is 2.38 bits per heavy atom. The second kappa shape index (κ2) is 9.73. The molecule has 1 rings (SSSR count). The van der Waals surface area contributed by atoms with Crippen molar-refractivity contribution >= 4 is 15.7 Å². The molecule has 0 amide bonds. The van der Waals surface area contributed by atoms with Gasteiger partial charge in [-0.2, -0.15) is 0 Å². The Hall–Kier alpha value is -1.15. The number of benzene rings is 1. The van der Waals surface area contributed by atoms with Crippen LogP contribution in [0.1, 0.15) is 13.3 Å². The minimum atomic E-state index is -3.39. The van der Waals surface area contributed by atoms with Crippen LogP contribution in [0.5, 0.6) is 0 Å². The number of hydrogen-bond acceptors (Lipinski definition) is 5. The fraction of sp³-hybridized carbons (Fsp3) is 0.571. The van der Waals surface area contributed by atoms with Crippen molar-refractivity contribution in [3.63, 3.8) is 0 Å². The third-order valence-electron chi connectivity index (χ3n) is 2.71. The van der Waals surface area contributed by atoms with Crippen LogP contribution in [0.15, 0.2) is 29.2 Å². The van der Waals surface area contributed by atoms with Gasteiger partial charge in [-0.3, -0.25) is 0 Å². The van der Waals surface area contributed by atoms with Crippen molar-refractivity contribution < 1.29 is 17.9 Å². The van der Waals surface area contributed by atoms with E-state index in [9.17, 15) is 8.42 Å². The summed E-state index contributed by atoms with van der Waals surface area (Å²) in [7, 11) is -1.76. The topological polar surface area (TPSA) is 76.7 Å². The van der Waals surface area contributed by atoms with Crippen LogP contribution in [0.25, 0.3) is 0 Å². The summed E-state index contributed by atoms with van der Waals surface area (Å²) in [6, 6.07) is 6.67. The Balaban J connectivity index is 2.40. The van der Waals surface area contributed by atoms with Crippen molar-refractivity contribution in [2.75, 3.05) is 45.3 Å². The number of nitrogens with one attached hydrogen (secondary N) is 2. The Morgan fingerprint density at radius 2 is 1.76 bits per heavy atom. The lowest BCUT2D eigenvalue weighted by atomic mass is 10.3. The Labute approximate surface area is 126 Å². The molecule has 7 heteroatoms. The van der Waals surface area contributed by atoms with Crippen molar-refractivity contribution in [3.8, 4) is 0 Å². The van der Waals surface area contributed by atoms with Crippen LogP contribution in [-0.2, 0) is 19.5 Å². The Morgan fingerprint density at radius 1 is 1.05 bits per heavy atom. The number of methoxy groups -OCH3 is 1. The quantitative estimate of drug-likeness (QED) is 0.604. The van der Waals surface area contributed by atoms with Gasteiger partial charge in [-0.15, -0.1) is 0 Å². The van der Waals surface area contributed by atoms with Crippen molar-refractivity contribution in [1.29, 1.82) is 0 Å². The predicted octanol–water partition coefficient (Wildman–Crippen LogP) is 1.45. The number of anilines is 1. The summed E-state index contributed by atoms with van der Waals surface area (Å²) in [6.45, 7) is 4.74. The highest BCUT2D eigenvalue weighted by atomic mass is 32.2. The fourth-order valence-electron chi connectivity index (χ4n) is 1.58. The van der Waals surface area contributed by atoms with Crippen LogP contribution >= 0.6 is 0 Å². The standard InChI is InChI=1S/C14H24N2O4S/c1-3-8-16-21(17,18)14-6-4-13(5-7-14)15-9-10-20-12-11-19-2/h4-7,15-16H,3,8-12H2,1-2H3. The molecule has 2 N–H and O–H groups in total. The van der Waals surface area contributed by atoms with Crippen molar-refractivity contribution in [3.05, 3.63) is 24.3 Å². The van der Waals surface area contributed by atoms with Gasteiger partial charge in [-0.25, -0.2) is 13.1 Å². The molecule has 0 aliphatic heterocycles. The predicted molar refractivity (Wildman–Crippen MR) is 83.1 cm³/mol. The number of rotatable bonds is 11. The van der Waals surface area contributed by atoms with E-state index < -0.39 is 10.0 Å². The van der Waals surface area contributed by atoms with Gasteiger partial charge in [-0.05, 0) is 30.7 Å². The molecule has 120 valence electrons. The summed E-state index contributed by atoms with van der Waals surface area (Å²) >= 11 is 0. The molecule has 0 bridgehead atoms. The van der Waals surface area contributed by atoms with Gasteiger partial charge in [-0.1, -0.05) is 6.92 Å². The maximum absolute atomic E-state index is 11.9. The summed E-state index contributed by atoms with van der Waals surface area (Å²) in [6.07, 6.45) is 0.766. The highest BCUT2D eigenvalue weighted by Gasteiger charge is 2.12. The molecule has 21 heavy (non-hydrogen) atoms. The summed E-state index contributed by atoms with van der Waals surface area (Å²) in [5.41, 5.74) is 0.861. The summed E-state index contributed by atoms with van der Waals surface area (Å²) in [5.74, 6) is 0. The molecule has 1 aromatic rings. The average molecular weight is 316 g/mol. The zero-order chi connectivity index (χ0) is 15.6. The maximum Gasteiger partial charge on any atom is 0.240 e. The van der Waals surface area contributed by atoms with Crippen LogP contribution in [0.4, 0.5) is 5.69 Å². The molecule has 0 radical (unpaired) electrons. The fourth-order valence-corrected chi connectivity index (χ4v) is 2.72. The molecular weight excluding hydrogens is 292 g/mol. The monoisotopic (exact) mass is 316 g/mol. The molecule has 1 aromatic carbocycles. The lowest BCUT2D eigenvalue weighted by Crippen LogP contribution is -2.24. The maximum atomic E-state index is 11.9. The summed E-state index contributed by atoms with van der Waals surface area (Å²) < 4.78 is 36.5. The van der Waals surface area contributed by atoms with E-state index in [1.807, 2.05) is 6.92 Å². The lowest BCUT2D eigenvalue weighted by molar-refractivity contribution is 0.0759. The van der Waals surface area contributed by atoms with Crippen LogP contribution in [-0.4, -0.2) is 48.4 Å². The zero-order valence-electron chi connectivity index (χ0n) is 12.6. The largest absolute Gasteiger partial charge is 0.383 e. The van der Waals surface area contributed by atoms with Gasteiger partial charge in [0.1, 0.15) is 0 Å². The molecule has 6 nitrogen and oxygen atoms in total. The molecule has 0 unspecified atom stereocenters. The lowest BCUT2D eigenvalue weighted by Gasteiger charge is -2.09. The molecule has 0 fully saturated rings. The Kier molecular flexibility index (Phi) is 8.29. The van der Waals surface area contributed by atoms with E-state index >= 15 is 0 Å². The molecule has 0 aliphatic carbocycles. The number of hydrogen-bond donors (Lipinski definition) is 2. The third-order valence-corrected chi connectivity index (χ3v) is 4.19. The summed E-state index contributed by atoms with van der Waals surface area (Å²) in [5, 5.41) is 3.16. The van der Waals surface area contributed by atoms with Gasteiger partial charge in [0.05, 0.1) is 24.7 Å². The highest BCUT2D eigenvalue weighted by Crippen LogP contribution is 2.13. The highest BCUT2D eigenvalue weighted by molar-refractivity contribution is 7.89. The first-order valence-corrected chi connectivity index (χ1v) is 8.48. The molecule has 0 saturated carbocycles. The smallest absolute Gasteiger partial charge is 0.240 e. The zero-order valence-corrected chi connectivity index (χ0v) is 13.4. The van der Waals surface area contributed by atoms with E-state index in [0.29, 0.717) is 32.9 Å². The average Bonchev–Trinajstić information content (AvgIpc) is 2.49. The van der Waals surface area contributed by atoms with Crippen LogP contribution < -0.4 is 10.0 Å². The molecule has 0 spiro atoms. The number of ether oxygens (including phenoxy) is 2. The van der Waals surface area contributed by atoms with E-state index in [2.05, 4.69) is 10.0 Å². The SMILES string of the molecule is CCCNS(=O)(=O)c1ccc(NCCOCCOC)cc1. The first kappa shape index (κ1) is 17.9. The Bertz CT molecular complexity index is 488. The molecule has 0 heterocycles. The van der Waals surface area contributed by atoms with E-state index in [-0.39, 0.29) is 4.90 Å². The van der Waals surface area contributed by atoms with Gasteiger partial charge >= 0.3 is 0 Å². The number of sulfonamides is 1. The second-order valence-corrected chi connectivity index (χ2v) is 6.22. The van der Waals surface area contributed by atoms with Crippen molar-refractivity contribution in [1.82, 2.24) is 4.72 Å². The minimum absolute atomic E-state index is 0.276. The first-order valence-electron chi connectivity index (χ1n) is 7.00. The molecule has 0 aromatic heterocycles. The van der Waals surface area contributed by atoms with Gasteiger partial charge in [0.25, 0.3) is 0 Å². The van der Waals surface area contributed by atoms with Crippen LogP contribution in [0.2, 0.25) is 0 Å². The van der Waals surface area contributed by atoms with Crippen LogP contribution in [0.3, 0.4) is 0 Å². The van der Waals surface area contributed by atoms with Crippen molar-refractivity contribution in [2.24, 2.45) is 0 Å². The van der Waals surface area contributed by atoms with Gasteiger partial charge in [0, 0.05) is 25.9 Å². The van der Waals surface area contributed by atoms with Gasteiger partial charge in [0.2, 0.25) is 10.0 Å².